The van der Waals surface area contributed by atoms with Gasteiger partial charge in [0, 0.05) is 5.56 Å². The molecule has 0 amide bonds. The summed E-state index contributed by atoms with van der Waals surface area (Å²) < 4.78 is 10.5. The van der Waals surface area contributed by atoms with E-state index in [9.17, 15) is 9.59 Å². The maximum absolute atomic E-state index is 12.0. The Balaban J connectivity index is 2.25. The number of hydrogen-bond acceptors (Lipinski definition) is 4. The molecular formula is C14H16O4. The lowest BCUT2D eigenvalue weighted by molar-refractivity contribution is -0.226. The van der Waals surface area contributed by atoms with Gasteiger partial charge in [0.05, 0.1) is 0 Å². The summed E-state index contributed by atoms with van der Waals surface area (Å²) in [6.07, 6.45) is -0.136. The highest BCUT2D eigenvalue weighted by molar-refractivity contribution is 6.01. The zero-order valence-corrected chi connectivity index (χ0v) is 10.5. The lowest BCUT2D eigenvalue weighted by atomic mass is 9.82. The van der Waals surface area contributed by atoms with Crippen molar-refractivity contribution in [3.8, 4) is 0 Å². The molecule has 4 nitrogen and oxygen atoms in total. The predicted molar refractivity (Wildman–Crippen MR) is 64.4 cm³/mol. The van der Waals surface area contributed by atoms with Crippen LogP contribution in [-0.2, 0) is 19.1 Å². The second-order valence-corrected chi connectivity index (χ2v) is 4.34. The Morgan fingerprint density at radius 1 is 1.00 bits per heavy atom. The van der Waals surface area contributed by atoms with Gasteiger partial charge in [-0.3, -0.25) is 9.59 Å². The van der Waals surface area contributed by atoms with Crippen LogP contribution in [0.4, 0.5) is 0 Å². The van der Waals surface area contributed by atoms with Crippen LogP contribution in [0.1, 0.15) is 38.5 Å². The van der Waals surface area contributed by atoms with E-state index in [2.05, 4.69) is 0 Å². The first-order chi connectivity index (χ1) is 8.64. The molecular weight excluding hydrogens is 232 g/mol. The van der Waals surface area contributed by atoms with Gasteiger partial charge in [-0.1, -0.05) is 44.2 Å². The smallest absolute Gasteiger partial charge is 0.326 e. The molecule has 1 aliphatic rings. The highest BCUT2D eigenvalue weighted by atomic mass is 16.7. The third kappa shape index (κ3) is 1.88. The van der Waals surface area contributed by atoms with Crippen molar-refractivity contribution in [2.75, 3.05) is 0 Å². The minimum Gasteiger partial charge on any atom is -0.420 e. The Kier molecular flexibility index (Phi) is 3.36. The topological polar surface area (TPSA) is 52.6 Å². The van der Waals surface area contributed by atoms with E-state index in [1.54, 1.807) is 38.1 Å². The first kappa shape index (κ1) is 12.6. The molecule has 96 valence electrons. The van der Waals surface area contributed by atoms with Crippen molar-refractivity contribution >= 4 is 11.9 Å². The van der Waals surface area contributed by atoms with E-state index in [0.717, 1.165) is 0 Å². The van der Waals surface area contributed by atoms with E-state index in [1.807, 2.05) is 6.07 Å². The minimum atomic E-state index is -1.13. The van der Waals surface area contributed by atoms with Gasteiger partial charge in [0.15, 0.2) is 5.41 Å². The summed E-state index contributed by atoms with van der Waals surface area (Å²) in [6, 6.07) is 8.97. The number of carbonyl (C=O) groups is 2. The summed E-state index contributed by atoms with van der Waals surface area (Å²) in [7, 11) is 0. The van der Waals surface area contributed by atoms with Crippen molar-refractivity contribution < 1.29 is 19.1 Å². The van der Waals surface area contributed by atoms with Crippen LogP contribution in [0.3, 0.4) is 0 Å². The van der Waals surface area contributed by atoms with Crippen LogP contribution < -0.4 is 0 Å². The van der Waals surface area contributed by atoms with Crippen molar-refractivity contribution in [2.45, 2.75) is 33.0 Å². The Morgan fingerprint density at radius 3 is 1.94 bits per heavy atom. The molecule has 0 N–H and O–H groups in total. The zero-order chi connectivity index (χ0) is 13.2. The molecule has 0 radical (unpaired) electrons. The molecule has 1 heterocycles. The molecule has 1 aromatic rings. The highest BCUT2D eigenvalue weighted by Crippen LogP contribution is 2.38. The molecule has 4 heteroatoms. The number of esters is 2. The van der Waals surface area contributed by atoms with Gasteiger partial charge in [-0.25, -0.2) is 0 Å². The van der Waals surface area contributed by atoms with Crippen molar-refractivity contribution in [3.63, 3.8) is 0 Å². The fraction of sp³-hybridized carbons (Fsp3) is 0.429. The van der Waals surface area contributed by atoms with Gasteiger partial charge in [-0.2, -0.15) is 0 Å². The van der Waals surface area contributed by atoms with Gasteiger partial charge in [0.25, 0.3) is 6.29 Å². The van der Waals surface area contributed by atoms with Gasteiger partial charge in [0.2, 0.25) is 0 Å². The normalized spacial score (nSPS) is 19.2. The van der Waals surface area contributed by atoms with E-state index >= 15 is 0 Å². The van der Waals surface area contributed by atoms with Gasteiger partial charge >= 0.3 is 11.9 Å². The monoisotopic (exact) mass is 248 g/mol. The zero-order valence-electron chi connectivity index (χ0n) is 10.5. The second-order valence-electron chi connectivity index (χ2n) is 4.34. The number of hydrogen-bond donors (Lipinski definition) is 0. The second kappa shape index (κ2) is 4.80. The van der Waals surface area contributed by atoms with Crippen LogP contribution >= 0.6 is 0 Å². The van der Waals surface area contributed by atoms with E-state index in [0.29, 0.717) is 18.4 Å². The van der Waals surface area contributed by atoms with Crippen LogP contribution in [0, 0.1) is 5.41 Å². The molecule has 1 saturated heterocycles. The third-order valence-electron chi connectivity index (χ3n) is 3.49. The average molecular weight is 248 g/mol. The standard InChI is InChI=1S/C14H16O4/c1-3-14(4-2)12(15)17-11(18-13(14)16)10-8-6-5-7-9-10/h5-9,11H,3-4H2,1-2H3. The van der Waals surface area contributed by atoms with Crippen molar-refractivity contribution in [1.29, 1.82) is 0 Å². The van der Waals surface area contributed by atoms with E-state index in [-0.39, 0.29) is 0 Å². The lowest BCUT2D eigenvalue weighted by Crippen LogP contribution is -2.46. The average Bonchev–Trinajstić information content (AvgIpc) is 2.40. The molecule has 0 aliphatic carbocycles. The molecule has 18 heavy (non-hydrogen) atoms. The largest absolute Gasteiger partial charge is 0.420 e. The van der Waals surface area contributed by atoms with Gasteiger partial charge in [-0.15, -0.1) is 0 Å². The lowest BCUT2D eigenvalue weighted by Gasteiger charge is -2.35. The first-order valence-corrected chi connectivity index (χ1v) is 6.11. The maximum Gasteiger partial charge on any atom is 0.326 e. The van der Waals surface area contributed by atoms with Crippen LogP contribution in [0.25, 0.3) is 0 Å². The molecule has 0 unspecified atom stereocenters. The first-order valence-electron chi connectivity index (χ1n) is 6.11. The number of rotatable bonds is 3. The predicted octanol–water partition coefficient (Wildman–Crippen LogP) is 2.59. The Hall–Kier alpha value is -1.84. The van der Waals surface area contributed by atoms with Gasteiger partial charge in [0.1, 0.15) is 0 Å². The molecule has 1 aliphatic heterocycles. The van der Waals surface area contributed by atoms with E-state index in [1.165, 1.54) is 0 Å². The van der Waals surface area contributed by atoms with Crippen LogP contribution in [-0.4, -0.2) is 11.9 Å². The number of cyclic esters (lactones) is 2. The molecule has 2 rings (SSSR count). The van der Waals surface area contributed by atoms with Crippen LogP contribution in [0.15, 0.2) is 30.3 Å². The third-order valence-corrected chi connectivity index (χ3v) is 3.49. The van der Waals surface area contributed by atoms with Crippen molar-refractivity contribution in [2.24, 2.45) is 5.41 Å². The Morgan fingerprint density at radius 2 is 1.50 bits per heavy atom. The molecule has 1 aromatic carbocycles. The summed E-state index contributed by atoms with van der Waals surface area (Å²) in [4.78, 5) is 24.1. The summed E-state index contributed by atoms with van der Waals surface area (Å²) in [5, 5.41) is 0. The fourth-order valence-electron chi connectivity index (χ4n) is 2.10. The van der Waals surface area contributed by atoms with Crippen LogP contribution in [0.2, 0.25) is 0 Å². The van der Waals surface area contributed by atoms with Crippen molar-refractivity contribution in [3.05, 3.63) is 35.9 Å². The van der Waals surface area contributed by atoms with E-state index < -0.39 is 23.6 Å². The Labute approximate surface area is 106 Å². The molecule has 0 spiro atoms. The highest BCUT2D eigenvalue weighted by Gasteiger charge is 2.51. The van der Waals surface area contributed by atoms with Crippen LogP contribution in [0.5, 0.6) is 0 Å². The van der Waals surface area contributed by atoms with Gasteiger partial charge < -0.3 is 9.47 Å². The quantitative estimate of drug-likeness (QED) is 0.609. The van der Waals surface area contributed by atoms with Gasteiger partial charge in [-0.05, 0) is 12.8 Å². The molecule has 0 aromatic heterocycles. The summed E-state index contributed by atoms with van der Waals surface area (Å²) in [6.45, 7) is 3.57. The number of carbonyl (C=O) groups excluding carboxylic acids is 2. The summed E-state index contributed by atoms with van der Waals surface area (Å²) >= 11 is 0. The molecule has 0 saturated carbocycles. The minimum absolute atomic E-state index is 0.392. The van der Waals surface area contributed by atoms with E-state index in [4.69, 9.17) is 9.47 Å². The maximum atomic E-state index is 12.0. The fourth-order valence-corrected chi connectivity index (χ4v) is 2.10. The molecule has 0 atom stereocenters. The summed E-state index contributed by atoms with van der Waals surface area (Å²) in [5.74, 6) is -0.977. The number of benzene rings is 1. The SMILES string of the molecule is CCC1(CC)C(=O)OC(c2ccccc2)OC1=O. The molecule has 0 bridgehead atoms. The Bertz CT molecular complexity index is 428. The molecule has 1 fully saturated rings. The summed E-state index contributed by atoms with van der Waals surface area (Å²) in [5.41, 5.74) is -0.467. The number of ether oxygens (including phenoxy) is 2. The van der Waals surface area contributed by atoms with Crippen molar-refractivity contribution in [1.82, 2.24) is 0 Å².